The number of aromatic amines is 1. The van der Waals surface area contributed by atoms with E-state index in [4.69, 9.17) is 11.4 Å². The molecule has 3 aromatic heterocycles. The largest absolute Gasteiger partial charge is 0.391 e. The summed E-state index contributed by atoms with van der Waals surface area (Å²) in [6.45, 7) is 1.03. The fourth-order valence-corrected chi connectivity index (χ4v) is 5.15. The number of terminal acetylenes is 1. The minimum Gasteiger partial charge on any atom is -0.391 e. The number of hydrogen-bond donors (Lipinski definition) is 2. The topological polar surface area (TPSA) is 87.0 Å². The molecule has 2 fully saturated rings. The van der Waals surface area contributed by atoms with Crippen molar-refractivity contribution in [2.75, 3.05) is 13.1 Å². The maximum atomic E-state index is 12.9. The highest BCUT2D eigenvalue weighted by atomic mass is 16.3. The number of hydrogen-bond acceptors (Lipinski definition) is 4. The van der Waals surface area contributed by atoms with E-state index < -0.39 is 6.10 Å². The highest BCUT2D eigenvalue weighted by Crippen LogP contribution is 2.38. The first kappa shape index (κ1) is 19.1. The van der Waals surface area contributed by atoms with Gasteiger partial charge in [0.25, 0.3) is 0 Å². The molecule has 1 saturated heterocycles. The van der Waals surface area contributed by atoms with E-state index in [1.807, 2.05) is 12.3 Å². The smallest absolute Gasteiger partial charge is 0.230 e. The predicted octanol–water partition coefficient (Wildman–Crippen LogP) is 2.80. The number of pyridine rings is 1. The van der Waals surface area contributed by atoms with Crippen molar-refractivity contribution in [3.8, 4) is 12.3 Å². The number of β-amino-alcohol motifs (C(OH)–C–C–N with tert-alkyl or cyclic N) is 1. The van der Waals surface area contributed by atoms with E-state index in [2.05, 4.69) is 20.5 Å². The van der Waals surface area contributed by atoms with Crippen molar-refractivity contribution in [1.29, 1.82) is 0 Å². The number of aliphatic hydroxyl groups excluding tert-OH is 1. The highest BCUT2D eigenvalue weighted by Gasteiger charge is 2.30. The van der Waals surface area contributed by atoms with Gasteiger partial charge in [-0.25, -0.2) is 9.97 Å². The van der Waals surface area contributed by atoms with Gasteiger partial charge in [0, 0.05) is 37.1 Å². The van der Waals surface area contributed by atoms with E-state index in [0.29, 0.717) is 31.5 Å². The molecule has 2 N–H and O–H groups in total. The maximum absolute atomic E-state index is 12.9. The highest BCUT2D eigenvalue weighted by molar-refractivity contribution is 6.01. The van der Waals surface area contributed by atoms with Crippen LogP contribution in [0.5, 0.6) is 0 Å². The first-order valence-corrected chi connectivity index (χ1v) is 10.9. The van der Waals surface area contributed by atoms with Crippen molar-refractivity contribution in [2.24, 2.45) is 5.92 Å². The summed E-state index contributed by atoms with van der Waals surface area (Å²) in [5.74, 6) is 4.22. The molecule has 0 unspecified atom stereocenters. The summed E-state index contributed by atoms with van der Waals surface area (Å²) in [6.07, 6.45) is 14.8. The zero-order valence-electron chi connectivity index (χ0n) is 17.0. The molecular formula is C23H27N5O2. The molecule has 5 rings (SSSR count). The summed E-state index contributed by atoms with van der Waals surface area (Å²) < 4.78 is 2.30. The van der Waals surface area contributed by atoms with Gasteiger partial charge in [-0.2, -0.15) is 0 Å². The predicted molar refractivity (Wildman–Crippen MR) is 115 cm³/mol. The van der Waals surface area contributed by atoms with Crippen LogP contribution in [0.3, 0.4) is 0 Å². The van der Waals surface area contributed by atoms with Crippen LogP contribution in [0.1, 0.15) is 50.4 Å². The Morgan fingerprint density at radius 3 is 2.87 bits per heavy atom. The molecule has 1 atom stereocenters. The van der Waals surface area contributed by atoms with Crippen LogP contribution in [0, 0.1) is 18.3 Å². The van der Waals surface area contributed by atoms with E-state index in [-0.39, 0.29) is 12.3 Å². The number of amides is 1. The van der Waals surface area contributed by atoms with E-state index >= 15 is 0 Å². The van der Waals surface area contributed by atoms with Crippen LogP contribution in [0.4, 0.5) is 0 Å². The van der Waals surface area contributed by atoms with Crippen LogP contribution in [-0.2, 0) is 11.2 Å². The molecule has 1 saturated carbocycles. The van der Waals surface area contributed by atoms with Gasteiger partial charge in [-0.1, -0.05) is 0 Å². The second-order valence-electron chi connectivity index (χ2n) is 8.67. The summed E-state index contributed by atoms with van der Waals surface area (Å²) in [5, 5.41) is 10.9. The number of rotatable bonds is 4. The Hall–Kier alpha value is -2.85. The van der Waals surface area contributed by atoms with Crippen molar-refractivity contribution < 1.29 is 9.90 Å². The molecule has 156 valence electrons. The Morgan fingerprint density at radius 1 is 1.30 bits per heavy atom. The van der Waals surface area contributed by atoms with E-state index in [9.17, 15) is 9.90 Å². The number of fused-ring (bicyclic) bond motifs is 3. The molecule has 7 heteroatoms. The van der Waals surface area contributed by atoms with Crippen LogP contribution in [0.15, 0.2) is 18.5 Å². The number of nitrogens with zero attached hydrogens (tertiary/aromatic N) is 4. The monoisotopic (exact) mass is 405 g/mol. The summed E-state index contributed by atoms with van der Waals surface area (Å²) >= 11 is 0. The lowest BCUT2D eigenvalue weighted by Crippen LogP contribution is -2.32. The van der Waals surface area contributed by atoms with Crippen molar-refractivity contribution in [1.82, 2.24) is 24.4 Å². The average Bonchev–Trinajstić information content (AvgIpc) is 3.46. The zero-order valence-corrected chi connectivity index (χ0v) is 17.0. The molecule has 0 bridgehead atoms. The SMILES string of the molecule is C#CC[C@H]1CC[C@H](n2c(CC(=O)N3CC[C@@H](O)C3)nc3cnc4[nH]ccc4c32)CC1. The number of likely N-dealkylation sites (tertiary alicyclic amines) is 1. The second-order valence-corrected chi connectivity index (χ2v) is 8.67. The quantitative estimate of drug-likeness (QED) is 0.654. The van der Waals surface area contributed by atoms with Crippen molar-refractivity contribution in [2.45, 2.75) is 57.1 Å². The molecule has 4 heterocycles. The third kappa shape index (κ3) is 3.35. The molecule has 7 nitrogen and oxygen atoms in total. The maximum Gasteiger partial charge on any atom is 0.230 e. The number of nitrogens with one attached hydrogen (secondary N) is 1. The minimum absolute atomic E-state index is 0.0300. The molecule has 30 heavy (non-hydrogen) atoms. The van der Waals surface area contributed by atoms with Crippen LogP contribution in [0.2, 0.25) is 0 Å². The number of carbonyl (C=O) groups excluding carboxylic acids is 1. The first-order chi connectivity index (χ1) is 14.6. The van der Waals surface area contributed by atoms with Crippen molar-refractivity contribution in [3.63, 3.8) is 0 Å². The number of aliphatic hydroxyl groups is 1. The van der Waals surface area contributed by atoms with Gasteiger partial charge in [0.15, 0.2) is 0 Å². The van der Waals surface area contributed by atoms with Crippen LogP contribution < -0.4 is 0 Å². The number of H-pyrrole nitrogens is 1. The molecule has 1 aliphatic heterocycles. The van der Waals surface area contributed by atoms with E-state index in [1.165, 1.54) is 0 Å². The fourth-order valence-electron chi connectivity index (χ4n) is 5.15. The molecule has 3 aromatic rings. The third-order valence-electron chi connectivity index (χ3n) is 6.72. The molecule has 1 aliphatic carbocycles. The molecule has 0 aromatic carbocycles. The van der Waals surface area contributed by atoms with Gasteiger partial charge < -0.3 is 19.6 Å². The summed E-state index contributed by atoms with van der Waals surface area (Å²) in [5.41, 5.74) is 2.73. The molecule has 1 amide bonds. The Bertz CT molecular complexity index is 1120. The Morgan fingerprint density at radius 2 is 2.13 bits per heavy atom. The van der Waals surface area contributed by atoms with Crippen LogP contribution >= 0.6 is 0 Å². The van der Waals surface area contributed by atoms with Gasteiger partial charge in [0.05, 0.1) is 24.2 Å². The lowest BCUT2D eigenvalue weighted by atomic mass is 9.84. The molecule has 0 spiro atoms. The number of aromatic nitrogens is 4. The third-order valence-corrected chi connectivity index (χ3v) is 6.72. The summed E-state index contributed by atoms with van der Waals surface area (Å²) in [7, 11) is 0. The summed E-state index contributed by atoms with van der Waals surface area (Å²) in [4.78, 5) is 27.2. The first-order valence-electron chi connectivity index (χ1n) is 10.9. The second kappa shape index (κ2) is 7.77. The van der Waals surface area contributed by atoms with Gasteiger partial charge in [-0.15, -0.1) is 12.3 Å². The number of imidazole rings is 1. The lowest BCUT2D eigenvalue weighted by molar-refractivity contribution is -0.129. The Balaban J connectivity index is 1.52. The van der Waals surface area contributed by atoms with Crippen LogP contribution in [-0.4, -0.2) is 54.6 Å². The van der Waals surface area contributed by atoms with Gasteiger partial charge in [-0.3, -0.25) is 4.79 Å². The number of carbonyl (C=O) groups is 1. The zero-order chi connectivity index (χ0) is 20.7. The van der Waals surface area contributed by atoms with Gasteiger partial charge in [0.1, 0.15) is 17.0 Å². The normalized spacial score (nSPS) is 24.5. The lowest BCUT2D eigenvalue weighted by Gasteiger charge is -2.30. The fraction of sp³-hybridized carbons (Fsp3) is 0.522. The van der Waals surface area contributed by atoms with E-state index in [1.54, 1.807) is 11.1 Å². The Kier molecular flexibility index (Phi) is 4.95. The van der Waals surface area contributed by atoms with Gasteiger partial charge in [0.2, 0.25) is 5.91 Å². The molecule has 2 aliphatic rings. The molecule has 0 radical (unpaired) electrons. The Labute approximate surface area is 175 Å². The van der Waals surface area contributed by atoms with Crippen LogP contribution in [0.25, 0.3) is 22.1 Å². The molecular weight excluding hydrogens is 378 g/mol. The van der Waals surface area contributed by atoms with Gasteiger partial charge in [-0.05, 0) is 44.1 Å². The average molecular weight is 406 g/mol. The van der Waals surface area contributed by atoms with Crippen molar-refractivity contribution in [3.05, 3.63) is 24.3 Å². The minimum atomic E-state index is -0.414. The van der Waals surface area contributed by atoms with Crippen molar-refractivity contribution >= 4 is 28.0 Å². The van der Waals surface area contributed by atoms with Gasteiger partial charge >= 0.3 is 0 Å². The standard InChI is InChI=1S/C23H27N5O2/c1-2-3-15-4-6-16(7-5-15)28-20(12-21(30)27-11-9-17(29)14-27)26-19-13-25-23-18(22(19)28)8-10-24-23/h1,8,10,13,15-17,29H,3-7,9,11-12,14H2,(H,24,25)/t15-,16-,17-/m1/s1. The summed E-state index contributed by atoms with van der Waals surface area (Å²) in [6, 6.07) is 2.34. The van der Waals surface area contributed by atoms with E-state index in [0.717, 1.165) is 60.0 Å².